The Morgan fingerprint density at radius 1 is 1.53 bits per heavy atom. The van der Waals surface area contributed by atoms with Gasteiger partial charge in [0.1, 0.15) is 0 Å². The van der Waals surface area contributed by atoms with E-state index in [0.717, 1.165) is 0 Å². The molecule has 1 aromatic rings. The normalized spacial score (nSPS) is 7.59. The largest absolute Gasteiger partial charge is 0.465 e. The lowest BCUT2D eigenvalue weighted by Gasteiger charge is -1.97. The Morgan fingerprint density at radius 3 is 2.47 bits per heavy atom. The number of hydrogen-bond acceptors (Lipinski definition) is 5. The molecule has 0 aliphatic rings. The number of esters is 1. The van der Waals surface area contributed by atoms with Crippen molar-refractivity contribution in [2.24, 2.45) is 0 Å². The summed E-state index contributed by atoms with van der Waals surface area (Å²) in [4.78, 5) is 20.7. The van der Waals surface area contributed by atoms with Crippen LogP contribution >= 0.6 is 0 Å². The Hall–Kier alpha value is -2.49. The molecule has 0 spiro atoms. The van der Waals surface area contributed by atoms with Gasteiger partial charge >= 0.3 is 5.97 Å². The van der Waals surface area contributed by atoms with Gasteiger partial charge < -0.3 is 4.74 Å². The van der Waals surface area contributed by atoms with Crippen molar-refractivity contribution in [3.8, 4) is 6.07 Å². The second-order valence-electron chi connectivity index (χ2n) is 2.52. The maximum Gasteiger partial charge on any atom is 0.338 e. The molecule has 0 bridgehead atoms. The monoisotopic (exact) mass is 242 g/mol. The van der Waals surface area contributed by atoms with Gasteiger partial charge in [0, 0.05) is 19.1 Å². The first-order chi connectivity index (χ1) is 7.56. The van der Waals surface area contributed by atoms with Gasteiger partial charge in [0.15, 0.2) is 0 Å². The van der Waals surface area contributed by atoms with Gasteiger partial charge in [-0.15, -0.1) is 0 Å². The molecule has 0 fully saturated rings. The molecule has 0 amide bonds. The minimum Gasteiger partial charge on any atom is -0.465 e. The molecule has 0 aromatic heterocycles. The molecule has 0 unspecified atom stereocenters. The molecule has 6 nitrogen and oxygen atoms in total. The molecule has 0 aliphatic heterocycles. The van der Waals surface area contributed by atoms with Crippen molar-refractivity contribution in [3.05, 3.63) is 39.9 Å². The number of non-ortho nitro benzene ring substituents is 1. The number of nitriles is 1. The standard InChI is InChI=1S/C8H7NO4.C2H3N.FH/c1-13-8(10)6-3-2-4-7(5-6)9(11)12;1-2-3;/h2-5H,1H3;1H3;1H. The number of ether oxygens (including phenoxy) is 1. The first kappa shape index (κ1) is 16.9. The van der Waals surface area contributed by atoms with Crippen molar-refractivity contribution >= 4 is 11.7 Å². The molecule has 7 heteroatoms. The van der Waals surface area contributed by atoms with E-state index in [9.17, 15) is 14.9 Å². The Bertz CT molecular complexity index is 429. The number of methoxy groups -OCH3 is 1. The summed E-state index contributed by atoms with van der Waals surface area (Å²) >= 11 is 0. The Balaban J connectivity index is 0. The van der Waals surface area contributed by atoms with Crippen LogP contribution in [0, 0.1) is 21.4 Å². The van der Waals surface area contributed by atoms with Crippen molar-refractivity contribution in [3.63, 3.8) is 0 Å². The van der Waals surface area contributed by atoms with E-state index < -0.39 is 10.9 Å². The molecule has 0 aliphatic carbocycles. The van der Waals surface area contributed by atoms with Gasteiger partial charge in [-0.05, 0) is 6.07 Å². The molecule has 0 saturated heterocycles. The molecular formula is C10H11FN2O4. The van der Waals surface area contributed by atoms with Crippen LogP contribution in [0.5, 0.6) is 0 Å². The van der Waals surface area contributed by atoms with Crippen LogP contribution in [0.15, 0.2) is 24.3 Å². The summed E-state index contributed by atoms with van der Waals surface area (Å²) in [6.45, 7) is 1.43. The fourth-order valence-electron chi connectivity index (χ4n) is 0.864. The SMILES string of the molecule is CC#N.COC(=O)c1cccc([N+](=O)[O-])c1.F. The van der Waals surface area contributed by atoms with Crippen LogP contribution in [0.25, 0.3) is 0 Å². The third-order valence-corrected chi connectivity index (χ3v) is 1.48. The number of nitro benzene ring substituents is 1. The molecule has 0 radical (unpaired) electrons. The zero-order valence-corrected chi connectivity index (χ0v) is 9.25. The van der Waals surface area contributed by atoms with E-state index in [1.807, 2.05) is 0 Å². The van der Waals surface area contributed by atoms with E-state index >= 15 is 0 Å². The van der Waals surface area contributed by atoms with Crippen LogP contribution in [-0.2, 0) is 4.74 Å². The van der Waals surface area contributed by atoms with Gasteiger partial charge in [-0.1, -0.05) is 6.07 Å². The zero-order valence-electron chi connectivity index (χ0n) is 9.25. The smallest absolute Gasteiger partial charge is 0.338 e. The predicted molar refractivity (Wildman–Crippen MR) is 58.2 cm³/mol. The number of nitro groups is 1. The highest BCUT2D eigenvalue weighted by molar-refractivity contribution is 5.89. The maximum atomic E-state index is 10.9. The molecule has 0 heterocycles. The molecule has 0 atom stereocenters. The number of carbonyl (C=O) groups is 1. The number of hydrogen-bond donors (Lipinski definition) is 0. The van der Waals surface area contributed by atoms with Crippen LogP contribution in [0.1, 0.15) is 17.3 Å². The van der Waals surface area contributed by atoms with E-state index in [1.165, 1.54) is 38.3 Å². The van der Waals surface area contributed by atoms with Crippen LogP contribution in [0.4, 0.5) is 10.4 Å². The highest BCUT2D eigenvalue weighted by Crippen LogP contribution is 2.13. The fourth-order valence-corrected chi connectivity index (χ4v) is 0.864. The summed E-state index contributed by atoms with van der Waals surface area (Å²) in [7, 11) is 1.22. The van der Waals surface area contributed by atoms with Crippen LogP contribution < -0.4 is 0 Å². The first-order valence-electron chi connectivity index (χ1n) is 4.20. The van der Waals surface area contributed by atoms with Crippen LogP contribution in [-0.4, -0.2) is 18.0 Å². The molecular weight excluding hydrogens is 231 g/mol. The second kappa shape index (κ2) is 8.79. The van der Waals surface area contributed by atoms with Crippen molar-refractivity contribution in [1.29, 1.82) is 5.26 Å². The number of rotatable bonds is 2. The maximum absolute atomic E-state index is 10.9. The van der Waals surface area contributed by atoms with Crippen molar-refractivity contribution in [1.82, 2.24) is 0 Å². The lowest BCUT2D eigenvalue weighted by Crippen LogP contribution is -2.01. The lowest BCUT2D eigenvalue weighted by atomic mass is 10.2. The molecule has 92 valence electrons. The summed E-state index contributed by atoms with van der Waals surface area (Å²) in [5.74, 6) is -0.580. The van der Waals surface area contributed by atoms with E-state index in [0.29, 0.717) is 0 Å². The number of nitrogens with zero attached hydrogens (tertiary/aromatic N) is 2. The molecule has 0 N–H and O–H groups in total. The Morgan fingerprint density at radius 2 is 2.06 bits per heavy atom. The van der Waals surface area contributed by atoms with Gasteiger partial charge in [0.2, 0.25) is 0 Å². The molecule has 1 aromatic carbocycles. The van der Waals surface area contributed by atoms with Gasteiger partial charge in [0.25, 0.3) is 5.69 Å². The average molecular weight is 242 g/mol. The summed E-state index contributed by atoms with van der Waals surface area (Å²) in [6.07, 6.45) is 0. The first-order valence-corrected chi connectivity index (χ1v) is 4.20. The highest BCUT2D eigenvalue weighted by atomic mass is 19.0. The quantitative estimate of drug-likeness (QED) is 0.449. The van der Waals surface area contributed by atoms with Crippen LogP contribution in [0.2, 0.25) is 0 Å². The number of halogens is 1. The van der Waals surface area contributed by atoms with Gasteiger partial charge in [-0.25, -0.2) is 4.79 Å². The van der Waals surface area contributed by atoms with Crippen molar-refractivity contribution in [2.75, 3.05) is 7.11 Å². The zero-order chi connectivity index (χ0) is 12.6. The third-order valence-electron chi connectivity index (χ3n) is 1.48. The number of benzene rings is 1. The topological polar surface area (TPSA) is 93.2 Å². The second-order valence-corrected chi connectivity index (χ2v) is 2.52. The van der Waals surface area contributed by atoms with Crippen LogP contribution in [0.3, 0.4) is 0 Å². The Labute approximate surface area is 96.9 Å². The summed E-state index contributed by atoms with van der Waals surface area (Å²) in [6, 6.07) is 7.13. The minimum atomic E-state index is -0.580. The fraction of sp³-hybridized carbons (Fsp3) is 0.200. The summed E-state index contributed by atoms with van der Waals surface area (Å²) in [5.41, 5.74) is 0.0552. The highest BCUT2D eigenvalue weighted by Gasteiger charge is 2.10. The van der Waals surface area contributed by atoms with E-state index in [-0.39, 0.29) is 16.0 Å². The summed E-state index contributed by atoms with van der Waals surface area (Å²) in [5, 5.41) is 17.6. The molecule has 0 saturated carbocycles. The minimum absolute atomic E-state index is 0. The van der Waals surface area contributed by atoms with E-state index in [4.69, 9.17) is 5.26 Å². The molecule has 1 rings (SSSR count). The van der Waals surface area contributed by atoms with E-state index in [1.54, 1.807) is 6.07 Å². The van der Waals surface area contributed by atoms with Crippen molar-refractivity contribution < 1.29 is 19.2 Å². The van der Waals surface area contributed by atoms with Crippen molar-refractivity contribution in [2.45, 2.75) is 6.92 Å². The third kappa shape index (κ3) is 5.84. The summed E-state index contributed by atoms with van der Waals surface area (Å²) < 4.78 is 4.41. The van der Waals surface area contributed by atoms with Gasteiger partial charge in [-0.3, -0.25) is 14.8 Å². The average Bonchev–Trinajstić information content (AvgIpc) is 2.29. The lowest BCUT2D eigenvalue weighted by molar-refractivity contribution is -0.384. The van der Waals surface area contributed by atoms with E-state index in [2.05, 4.69) is 4.74 Å². The van der Waals surface area contributed by atoms with Gasteiger partial charge in [0.05, 0.1) is 23.7 Å². The van der Waals surface area contributed by atoms with Gasteiger partial charge in [-0.2, -0.15) is 5.26 Å². The number of carbonyl (C=O) groups excluding carboxylic acids is 1. The molecule has 17 heavy (non-hydrogen) atoms. The Kier molecular flexibility index (Phi) is 8.75. The predicted octanol–water partition coefficient (Wildman–Crippen LogP) is 2.06.